The van der Waals surface area contributed by atoms with Gasteiger partial charge in [0.1, 0.15) is 0 Å². The molecule has 0 spiro atoms. The van der Waals surface area contributed by atoms with Gasteiger partial charge in [-0.05, 0) is 54.5 Å². The molecule has 0 N–H and O–H groups in total. The smallest absolute Gasteiger partial charge is 0.399 e. The van der Waals surface area contributed by atoms with Crippen molar-refractivity contribution in [2.24, 2.45) is 0 Å². The Balaban J connectivity index is 2.33. The molecule has 126 valence electrons. The van der Waals surface area contributed by atoms with E-state index < -0.39 is 18.3 Å². The third-order valence-electron chi connectivity index (χ3n) is 4.91. The lowest BCUT2D eigenvalue weighted by molar-refractivity contribution is 0.00578. The normalized spacial score (nSPS) is 19.0. The van der Waals surface area contributed by atoms with E-state index in [0.29, 0.717) is 18.7 Å². The Morgan fingerprint density at radius 2 is 1.70 bits per heavy atom. The number of pyridine rings is 1. The van der Waals surface area contributed by atoms with Crippen LogP contribution in [0.5, 0.6) is 0 Å². The van der Waals surface area contributed by atoms with Crippen LogP contribution in [0.2, 0.25) is 0 Å². The molecular formula is C17H27BN2O3. The quantitative estimate of drug-likeness (QED) is 0.799. The highest BCUT2D eigenvalue weighted by molar-refractivity contribution is 6.62. The largest absolute Gasteiger partial charge is 0.496 e. The molecule has 2 heterocycles. The summed E-state index contributed by atoms with van der Waals surface area (Å²) >= 11 is 0. The summed E-state index contributed by atoms with van der Waals surface area (Å²) in [5.74, 6) is -0.00151. The molecule has 0 saturated carbocycles. The summed E-state index contributed by atoms with van der Waals surface area (Å²) in [6.07, 6.45) is 1.73. The predicted octanol–water partition coefficient (Wildman–Crippen LogP) is 2.17. The molecule has 0 aliphatic carbocycles. The minimum Gasteiger partial charge on any atom is -0.399 e. The van der Waals surface area contributed by atoms with Gasteiger partial charge in [0, 0.05) is 30.4 Å². The zero-order chi connectivity index (χ0) is 17.4. The molecule has 5 nitrogen and oxygen atoms in total. The van der Waals surface area contributed by atoms with E-state index in [9.17, 15) is 4.79 Å². The fourth-order valence-electron chi connectivity index (χ4n) is 2.55. The second kappa shape index (κ2) is 6.25. The Labute approximate surface area is 139 Å². The first-order valence-electron chi connectivity index (χ1n) is 8.24. The lowest BCUT2D eigenvalue weighted by Gasteiger charge is -2.32. The predicted molar refractivity (Wildman–Crippen MR) is 91.9 cm³/mol. The zero-order valence-corrected chi connectivity index (χ0v) is 15.3. The van der Waals surface area contributed by atoms with Crippen LogP contribution in [0.1, 0.15) is 57.6 Å². The molecule has 0 bridgehead atoms. The maximum absolute atomic E-state index is 12.7. The van der Waals surface area contributed by atoms with Crippen molar-refractivity contribution < 1.29 is 14.1 Å². The van der Waals surface area contributed by atoms with E-state index in [1.807, 2.05) is 54.5 Å². The summed E-state index contributed by atoms with van der Waals surface area (Å²) in [5.41, 5.74) is 1.30. The summed E-state index contributed by atoms with van der Waals surface area (Å²) < 4.78 is 12.1. The van der Waals surface area contributed by atoms with E-state index in [0.717, 1.165) is 11.2 Å². The SMILES string of the molecule is CCN(CC)C(=O)c1cc(B2OC(C)(C)C(C)(C)O2)cnc1C. The number of amides is 1. The molecule has 0 atom stereocenters. The van der Waals surface area contributed by atoms with Crippen LogP contribution >= 0.6 is 0 Å². The van der Waals surface area contributed by atoms with Crippen molar-refractivity contribution in [2.45, 2.75) is 59.7 Å². The van der Waals surface area contributed by atoms with Crippen molar-refractivity contribution in [1.29, 1.82) is 0 Å². The van der Waals surface area contributed by atoms with Gasteiger partial charge in [0.2, 0.25) is 0 Å². The van der Waals surface area contributed by atoms with E-state index in [4.69, 9.17) is 9.31 Å². The molecule has 1 aliphatic rings. The van der Waals surface area contributed by atoms with Crippen molar-refractivity contribution in [3.05, 3.63) is 23.5 Å². The molecule has 1 aromatic heterocycles. The van der Waals surface area contributed by atoms with Gasteiger partial charge in [-0.3, -0.25) is 9.78 Å². The molecule has 0 radical (unpaired) electrons. The number of nitrogens with zero attached hydrogens (tertiary/aromatic N) is 2. The monoisotopic (exact) mass is 318 g/mol. The molecule has 2 rings (SSSR count). The Hall–Kier alpha value is -1.40. The highest BCUT2D eigenvalue weighted by atomic mass is 16.7. The van der Waals surface area contributed by atoms with Crippen molar-refractivity contribution in [3.63, 3.8) is 0 Å². The Morgan fingerprint density at radius 1 is 1.17 bits per heavy atom. The summed E-state index contributed by atoms with van der Waals surface area (Å²) in [6, 6.07) is 1.85. The van der Waals surface area contributed by atoms with Crippen molar-refractivity contribution >= 4 is 18.5 Å². The van der Waals surface area contributed by atoms with Crippen molar-refractivity contribution in [2.75, 3.05) is 13.1 Å². The van der Waals surface area contributed by atoms with Crippen LogP contribution in [0.15, 0.2) is 12.3 Å². The molecular weight excluding hydrogens is 291 g/mol. The number of carbonyl (C=O) groups is 1. The minimum absolute atomic E-state index is 0.00151. The Kier molecular flexibility index (Phi) is 4.88. The van der Waals surface area contributed by atoms with Gasteiger partial charge in [0.05, 0.1) is 16.8 Å². The number of hydrogen-bond acceptors (Lipinski definition) is 4. The third kappa shape index (κ3) is 3.28. The molecule has 1 aromatic rings. The molecule has 1 saturated heterocycles. The summed E-state index contributed by atoms with van der Waals surface area (Å²) in [6.45, 7) is 15.2. The van der Waals surface area contributed by atoms with Crippen LogP contribution in [0.3, 0.4) is 0 Å². The van der Waals surface area contributed by atoms with Crippen LogP contribution < -0.4 is 5.46 Å². The van der Waals surface area contributed by atoms with Gasteiger partial charge >= 0.3 is 7.12 Å². The molecule has 23 heavy (non-hydrogen) atoms. The molecule has 6 heteroatoms. The van der Waals surface area contributed by atoms with Gasteiger partial charge in [-0.15, -0.1) is 0 Å². The van der Waals surface area contributed by atoms with E-state index >= 15 is 0 Å². The van der Waals surface area contributed by atoms with Crippen LogP contribution in [0, 0.1) is 6.92 Å². The molecule has 0 aromatic carbocycles. The summed E-state index contributed by atoms with van der Waals surface area (Å²) in [7, 11) is -0.503. The standard InChI is InChI=1S/C17H27BN2O3/c1-8-20(9-2)15(21)14-10-13(11-19-12(14)3)18-22-16(4,5)17(6,7)23-18/h10-11H,8-9H2,1-7H3. The highest BCUT2D eigenvalue weighted by Crippen LogP contribution is 2.36. The maximum atomic E-state index is 12.7. The highest BCUT2D eigenvalue weighted by Gasteiger charge is 2.51. The van der Waals surface area contributed by atoms with E-state index in [2.05, 4.69) is 4.98 Å². The van der Waals surface area contributed by atoms with Crippen LogP contribution in [0.25, 0.3) is 0 Å². The minimum atomic E-state index is -0.503. The first-order valence-corrected chi connectivity index (χ1v) is 8.24. The first kappa shape index (κ1) is 18.0. The van der Waals surface area contributed by atoms with Gasteiger partial charge < -0.3 is 14.2 Å². The second-order valence-corrected chi connectivity index (χ2v) is 6.97. The fourth-order valence-corrected chi connectivity index (χ4v) is 2.55. The third-order valence-corrected chi connectivity index (χ3v) is 4.91. The average Bonchev–Trinajstić information content (AvgIpc) is 2.69. The van der Waals surface area contributed by atoms with Crippen LogP contribution in [0.4, 0.5) is 0 Å². The number of carbonyl (C=O) groups excluding carboxylic acids is 1. The van der Waals surface area contributed by atoms with Crippen molar-refractivity contribution in [1.82, 2.24) is 9.88 Å². The topological polar surface area (TPSA) is 51.7 Å². The van der Waals surface area contributed by atoms with Crippen LogP contribution in [-0.4, -0.2) is 47.2 Å². The number of hydrogen-bond donors (Lipinski definition) is 0. The van der Waals surface area contributed by atoms with Gasteiger partial charge in [-0.25, -0.2) is 0 Å². The van der Waals surface area contributed by atoms with Crippen molar-refractivity contribution in [3.8, 4) is 0 Å². The summed E-state index contributed by atoms with van der Waals surface area (Å²) in [4.78, 5) is 18.8. The lowest BCUT2D eigenvalue weighted by atomic mass is 9.79. The second-order valence-electron chi connectivity index (χ2n) is 6.97. The first-order chi connectivity index (χ1) is 10.6. The molecule has 0 unspecified atom stereocenters. The van der Waals surface area contributed by atoms with Gasteiger partial charge in [0.25, 0.3) is 5.91 Å². The van der Waals surface area contributed by atoms with Gasteiger partial charge in [0.15, 0.2) is 0 Å². The maximum Gasteiger partial charge on any atom is 0.496 e. The summed E-state index contributed by atoms with van der Waals surface area (Å²) in [5, 5.41) is 0. The zero-order valence-electron chi connectivity index (χ0n) is 15.3. The van der Waals surface area contributed by atoms with Crippen LogP contribution in [-0.2, 0) is 9.31 Å². The van der Waals surface area contributed by atoms with E-state index in [-0.39, 0.29) is 5.91 Å². The number of aromatic nitrogens is 1. The van der Waals surface area contributed by atoms with Gasteiger partial charge in [-0.1, -0.05) is 0 Å². The molecule has 1 amide bonds. The Morgan fingerprint density at radius 3 is 2.17 bits per heavy atom. The van der Waals surface area contributed by atoms with E-state index in [1.165, 1.54) is 0 Å². The van der Waals surface area contributed by atoms with Gasteiger partial charge in [-0.2, -0.15) is 0 Å². The average molecular weight is 318 g/mol. The fraction of sp³-hybridized carbons (Fsp3) is 0.647. The lowest BCUT2D eigenvalue weighted by Crippen LogP contribution is -2.41. The Bertz CT molecular complexity index is 582. The number of aryl methyl sites for hydroxylation is 1. The number of rotatable bonds is 4. The molecule has 1 fully saturated rings. The van der Waals surface area contributed by atoms with E-state index in [1.54, 1.807) is 11.1 Å². The molecule has 1 aliphatic heterocycles.